The molecule has 0 aromatic heterocycles. The van der Waals surface area contributed by atoms with Crippen molar-refractivity contribution in [1.29, 1.82) is 0 Å². The Kier molecular flexibility index (Phi) is 4.65. The van der Waals surface area contributed by atoms with E-state index in [1.165, 1.54) is 12.1 Å². The summed E-state index contributed by atoms with van der Waals surface area (Å²) in [5.74, 6) is 0.792. The molecular formula is C15H15ClN2O3. The molecule has 21 heavy (non-hydrogen) atoms. The Morgan fingerprint density at radius 3 is 2.67 bits per heavy atom. The molecule has 1 N–H and O–H groups in total. The van der Waals surface area contributed by atoms with Crippen LogP contribution in [0.15, 0.2) is 36.4 Å². The van der Waals surface area contributed by atoms with Crippen LogP contribution in [-0.2, 0) is 6.54 Å². The quantitative estimate of drug-likeness (QED) is 0.665. The predicted molar refractivity (Wildman–Crippen MR) is 83.2 cm³/mol. The highest BCUT2D eigenvalue weighted by atomic mass is 35.5. The number of nitro benzene ring substituents is 1. The van der Waals surface area contributed by atoms with E-state index in [4.69, 9.17) is 16.3 Å². The van der Waals surface area contributed by atoms with Crippen LogP contribution in [0.1, 0.15) is 11.1 Å². The topological polar surface area (TPSA) is 64.4 Å². The van der Waals surface area contributed by atoms with Gasteiger partial charge in [-0.05, 0) is 42.3 Å². The molecular weight excluding hydrogens is 292 g/mol. The van der Waals surface area contributed by atoms with Crippen molar-refractivity contribution in [1.82, 2.24) is 0 Å². The molecule has 5 nitrogen and oxygen atoms in total. The van der Waals surface area contributed by atoms with Gasteiger partial charge in [0.2, 0.25) is 0 Å². The highest BCUT2D eigenvalue weighted by Gasteiger charge is 2.12. The molecule has 2 aromatic carbocycles. The van der Waals surface area contributed by atoms with Gasteiger partial charge in [-0.15, -0.1) is 0 Å². The number of hydrogen-bond acceptors (Lipinski definition) is 4. The molecule has 6 heteroatoms. The van der Waals surface area contributed by atoms with Crippen LogP contribution in [0.5, 0.6) is 5.75 Å². The Labute approximate surface area is 127 Å². The molecule has 0 aliphatic carbocycles. The van der Waals surface area contributed by atoms with Crippen molar-refractivity contribution >= 4 is 23.0 Å². The van der Waals surface area contributed by atoms with Gasteiger partial charge in [0.05, 0.1) is 12.0 Å². The van der Waals surface area contributed by atoms with E-state index in [-0.39, 0.29) is 10.7 Å². The van der Waals surface area contributed by atoms with Crippen LogP contribution in [0.4, 0.5) is 11.4 Å². The smallest absolute Gasteiger partial charge is 0.288 e. The average molecular weight is 307 g/mol. The second-order valence-corrected chi connectivity index (χ2v) is 4.98. The maximum Gasteiger partial charge on any atom is 0.288 e. The van der Waals surface area contributed by atoms with Crippen LogP contribution in [-0.4, -0.2) is 12.0 Å². The van der Waals surface area contributed by atoms with Crippen molar-refractivity contribution in [2.45, 2.75) is 13.5 Å². The number of anilines is 1. The number of nitro groups is 1. The lowest BCUT2D eigenvalue weighted by atomic mass is 10.1. The van der Waals surface area contributed by atoms with Crippen molar-refractivity contribution in [2.75, 3.05) is 12.4 Å². The van der Waals surface area contributed by atoms with Gasteiger partial charge in [0.1, 0.15) is 10.8 Å². The van der Waals surface area contributed by atoms with Gasteiger partial charge in [-0.2, -0.15) is 0 Å². The first-order valence-corrected chi connectivity index (χ1v) is 6.70. The number of ether oxygens (including phenoxy) is 1. The zero-order valence-electron chi connectivity index (χ0n) is 11.7. The lowest BCUT2D eigenvalue weighted by Crippen LogP contribution is -2.02. The van der Waals surface area contributed by atoms with E-state index in [9.17, 15) is 10.1 Å². The van der Waals surface area contributed by atoms with Gasteiger partial charge in [0.15, 0.2) is 0 Å². The third kappa shape index (κ3) is 3.64. The third-order valence-corrected chi connectivity index (χ3v) is 3.44. The van der Waals surface area contributed by atoms with E-state index in [2.05, 4.69) is 5.32 Å². The van der Waals surface area contributed by atoms with Gasteiger partial charge in [0, 0.05) is 18.3 Å². The minimum absolute atomic E-state index is 0.0811. The summed E-state index contributed by atoms with van der Waals surface area (Å²) < 4.78 is 5.15. The summed E-state index contributed by atoms with van der Waals surface area (Å²) in [7, 11) is 1.62. The zero-order chi connectivity index (χ0) is 15.4. The average Bonchev–Trinajstić information content (AvgIpc) is 2.47. The van der Waals surface area contributed by atoms with Crippen LogP contribution in [0.3, 0.4) is 0 Å². The maximum atomic E-state index is 10.9. The fraction of sp³-hybridized carbons (Fsp3) is 0.200. The Hall–Kier alpha value is -2.27. The Bertz CT molecular complexity index is 674. The van der Waals surface area contributed by atoms with E-state index >= 15 is 0 Å². The van der Waals surface area contributed by atoms with Crippen LogP contribution in [0.25, 0.3) is 0 Å². The summed E-state index contributed by atoms with van der Waals surface area (Å²) >= 11 is 5.79. The number of nitrogens with one attached hydrogen (secondary N) is 1. The van der Waals surface area contributed by atoms with E-state index < -0.39 is 4.92 Å². The van der Waals surface area contributed by atoms with Crippen molar-refractivity contribution < 1.29 is 9.66 Å². The van der Waals surface area contributed by atoms with Crippen molar-refractivity contribution in [2.24, 2.45) is 0 Å². The minimum atomic E-state index is -0.482. The van der Waals surface area contributed by atoms with Crippen molar-refractivity contribution in [3.8, 4) is 5.75 Å². The van der Waals surface area contributed by atoms with Crippen LogP contribution >= 0.6 is 11.6 Å². The van der Waals surface area contributed by atoms with E-state index in [1.54, 1.807) is 13.2 Å². The van der Waals surface area contributed by atoms with Gasteiger partial charge in [-0.1, -0.05) is 17.7 Å². The van der Waals surface area contributed by atoms with Crippen LogP contribution < -0.4 is 10.1 Å². The van der Waals surface area contributed by atoms with Gasteiger partial charge >= 0.3 is 0 Å². The molecule has 2 aromatic rings. The second-order valence-electron chi connectivity index (χ2n) is 4.58. The number of benzene rings is 2. The first-order chi connectivity index (χ1) is 10.0. The number of hydrogen-bond donors (Lipinski definition) is 1. The first-order valence-electron chi connectivity index (χ1n) is 6.32. The maximum absolute atomic E-state index is 10.9. The van der Waals surface area contributed by atoms with Crippen LogP contribution in [0.2, 0.25) is 5.02 Å². The molecule has 110 valence electrons. The summed E-state index contributed by atoms with van der Waals surface area (Å²) in [5, 5.41) is 14.2. The predicted octanol–water partition coefficient (Wildman–Crippen LogP) is 4.18. The number of aryl methyl sites for hydroxylation is 1. The molecule has 0 bridgehead atoms. The van der Waals surface area contributed by atoms with Gasteiger partial charge in [-0.3, -0.25) is 10.1 Å². The molecule has 0 amide bonds. The highest BCUT2D eigenvalue weighted by Crippen LogP contribution is 2.26. The molecule has 0 aliphatic heterocycles. The first kappa shape index (κ1) is 15.1. The highest BCUT2D eigenvalue weighted by molar-refractivity contribution is 6.32. The van der Waals surface area contributed by atoms with E-state index in [0.29, 0.717) is 6.54 Å². The Balaban J connectivity index is 2.13. The fourth-order valence-electron chi connectivity index (χ4n) is 1.97. The summed E-state index contributed by atoms with van der Waals surface area (Å²) in [6, 6.07) is 10.5. The minimum Gasteiger partial charge on any atom is -0.497 e. The standard InChI is InChI=1S/C15H15ClN2O3/c1-10-7-12(21-2)4-6-14(10)17-9-11-3-5-13(16)15(8-11)18(19)20/h3-8,17H,9H2,1-2H3. The van der Waals surface area contributed by atoms with Gasteiger partial charge < -0.3 is 10.1 Å². The Morgan fingerprint density at radius 1 is 1.29 bits per heavy atom. The molecule has 0 fully saturated rings. The summed E-state index contributed by atoms with van der Waals surface area (Å²) in [4.78, 5) is 10.4. The Morgan fingerprint density at radius 2 is 2.05 bits per heavy atom. The van der Waals surface area contributed by atoms with Crippen LogP contribution in [0, 0.1) is 17.0 Å². The largest absolute Gasteiger partial charge is 0.497 e. The molecule has 0 spiro atoms. The molecule has 0 radical (unpaired) electrons. The lowest BCUT2D eigenvalue weighted by Gasteiger charge is -2.11. The van der Waals surface area contributed by atoms with E-state index in [1.807, 2.05) is 25.1 Å². The normalized spacial score (nSPS) is 10.2. The molecule has 0 saturated heterocycles. The summed E-state index contributed by atoms with van der Waals surface area (Å²) in [5.41, 5.74) is 2.70. The van der Waals surface area contributed by atoms with Gasteiger partial charge in [0.25, 0.3) is 5.69 Å². The zero-order valence-corrected chi connectivity index (χ0v) is 12.5. The lowest BCUT2D eigenvalue weighted by molar-refractivity contribution is -0.384. The molecule has 0 saturated carbocycles. The molecule has 2 rings (SSSR count). The monoisotopic (exact) mass is 306 g/mol. The summed E-state index contributed by atoms with van der Waals surface area (Å²) in [6.45, 7) is 2.44. The molecule has 0 heterocycles. The number of halogens is 1. The van der Waals surface area contributed by atoms with Crippen molar-refractivity contribution in [3.05, 3.63) is 62.7 Å². The van der Waals surface area contributed by atoms with Crippen molar-refractivity contribution in [3.63, 3.8) is 0 Å². The SMILES string of the molecule is COc1ccc(NCc2ccc(Cl)c([N+](=O)[O-])c2)c(C)c1. The molecule has 0 aliphatic rings. The molecule has 0 atom stereocenters. The number of nitrogens with zero attached hydrogens (tertiary/aromatic N) is 1. The third-order valence-electron chi connectivity index (χ3n) is 3.12. The fourth-order valence-corrected chi connectivity index (χ4v) is 2.15. The summed E-state index contributed by atoms with van der Waals surface area (Å²) in [6.07, 6.45) is 0. The van der Waals surface area contributed by atoms with E-state index in [0.717, 1.165) is 22.6 Å². The number of rotatable bonds is 5. The van der Waals surface area contributed by atoms with Gasteiger partial charge in [-0.25, -0.2) is 0 Å². The number of methoxy groups -OCH3 is 1. The second kappa shape index (κ2) is 6.45. The molecule has 0 unspecified atom stereocenters.